The largest absolute Gasteiger partial charge is 0.460 e. The maximum Gasteiger partial charge on any atom is 0.407 e. The molecule has 150 valence electrons. The Kier molecular flexibility index (Phi) is 6.39. The minimum atomic E-state index is -0.471. The molecular formula is C20H32N4O3. The van der Waals surface area contributed by atoms with Gasteiger partial charge in [0.05, 0.1) is 0 Å². The molecule has 1 saturated heterocycles. The molecule has 1 N–H and O–H groups in total. The minimum absolute atomic E-state index is 0.0956. The van der Waals surface area contributed by atoms with E-state index in [1.54, 1.807) is 6.20 Å². The highest BCUT2D eigenvalue weighted by atomic mass is 16.6. The molecule has 2 aliphatic rings. The first kappa shape index (κ1) is 19.7. The summed E-state index contributed by atoms with van der Waals surface area (Å²) in [7, 11) is 0. The number of nitrogens with one attached hydrogen (secondary N) is 1. The van der Waals surface area contributed by atoms with Crippen LogP contribution in [0.2, 0.25) is 0 Å². The number of carbonyl (C=O) groups excluding carboxylic acids is 1. The van der Waals surface area contributed by atoms with E-state index in [1.807, 2.05) is 26.8 Å². The van der Waals surface area contributed by atoms with Gasteiger partial charge in [0.15, 0.2) is 0 Å². The summed E-state index contributed by atoms with van der Waals surface area (Å²) in [5.41, 5.74) is -0.471. The zero-order valence-corrected chi connectivity index (χ0v) is 16.7. The molecule has 2 fully saturated rings. The molecule has 1 aliphatic carbocycles. The Morgan fingerprint density at radius 3 is 2.52 bits per heavy atom. The summed E-state index contributed by atoms with van der Waals surface area (Å²) in [6.45, 7) is 7.72. The lowest BCUT2D eigenvalue weighted by molar-refractivity contribution is 0.0467. The first-order chi connectivity index (χ1) is 12.9. The number of hydrogen-bond acceptors (Lipinski definition) is 6. The second-order valence-electron chi connectivity index (χ2n) is 8.48. The summed E-state index contributed by atoms with van der Waals surface area (Å²) in [5.74, 6) is 0.958. The van der Waals surface area contributed by atoms with Gasteiger partial charge in [-0.25, -0.2) is 9.78 Å². The molecule has 0 radical (unpaired) electrons. The van der Waals surface area contributed by atoms with Gasteiger partial charge in [0.1, 0.15) is 17.5 Å². The maximum atomic E-state index is 11.9. The van der Waals surface area contributed by atoms with Crippen LogP contribution in [0.3, 0.4) is 0 Å². The number of anilines is 1. The smallest absolute Gasteiger partial charge is 0.407 e. The molecule has 0 bridgehead atoms. The molecule has 0 atom stereocenters. The number of aromatic nitrogens is 2. The highest BCUT2D eigenvalue weighted by molar-refractivity contribution is 5.68. The van der Waals surface area contributed by atoms with Crippen molar-refractivity contribution in [2.75, 3.05) is 18.0 Å². The predicted molar refractivity (Wildman–Crippen MR) is 104 cm³/mol. The number of hydrogen-bond donors (Lipinski definition) is 1. The fourth-order valence-electron chi connectivity index (χ4n) is 3.64. The van der Waals surface area contributed by atoms with E-state index in [-0.39, 0.29) is 18.2 Å². The molecule has 27 heavy (non-hydrogen) atoms. The summed E-state index contributed by atoms with van der Waals surface area (Å²) < 4.78 is 11.4. The van der Waals surface area contributed by atoms with Gasteiger partial charge < -0.3 is 19.7 Å². The second kappa shape index (κ2) is 8.76. The van der Waals surface area contributed by atoms with Crippen molar-refractivity contribution in [3.63, 3.8) is 0 Å². The Balaban J connectivity index is 1.46. The van der Waals surface area contributed by atoms with Crippen LogP contribution >= 0.6 is 0 Å². The molecule has 7 nitrogen and oxygen atoms in total. The highest BCUT2D eigenvalue weighted by Crippen LogP contribution is 2.24. The van der Waals surface area contributed by atoms with E-state index in [1.165, 1.54) is 19.3 Å². The van der Waals surface area contributed by atoms with Gasteiger partial charge in [0, 0.05) is 25.3 Å². The molecule has 1 aromatic heterocycles. The zero-order chi connectivity index (χ0) is 19.3. The predicted octanol–water partition coefficient (Wildman–Crippen LogP) is 3.68. The van der Waals surface area contributed by atoms with Crippen LogP contribution in [0, 0.1) is 0 Å². The second-order valence-corrected chi connectivity index (χ2v) is 8.48. The molecule has 0 spiro atoms. The third kappa shape index (κ3) is 6.26. The monoisotopic (exact) mass is 376 g/mol. The van der Waals surface area contributed by atoms with Crippen molar-refractivity contribution in [2.24, 2.45) is 0 Å². The first-order valence-electron chi connectivity index (χ1n) is 10.1. The van der Waals surface area contributed by atoms with Crippen molar-refractivity contribution in [1.29, 1.82) is 0 Å². The number of nitrogens with zero attached hydrogens (tertiary/aromatic N) is 3. The van der Waals surface area contributed by atoms with E-state index in [9.17, 15) is 4.79 Å². The van der Waals surface area contributed by atoms with Gasteiger partial charge in [-0.1, -0.05) is 0 Å². The van der Waals surface area contributed by atoms with Crippen LogP contribution in [0.15, 0.2) is 12.3 Å². The number of alkyl carbamates (subject to hydrolysis) is 1. The van der Waals surface area contributed by atoms with Gasteiger partial charge in [-0.2, -0.15) is 4.98 Å². The van der Waals surface area contributed by atoms with E-state index < -0.39 is 5.60 Å². The fourth-order valence-corrected chi connectivity index (χ4v) is 3.64. The summed E-state index contributed by atoms with van der Waals surface area (Å²) >= 11 is 0. The SMILES string of the molecule is CC(C)(C)OC(=O)NC1CCC(Oc2nccc(N3CCCCC3)n2)CC1. The van der Waals surface area contributed by atoms with Crippen LogP contribution in [-0.2, 0) is 4.74 Å². The van der Waals surface area contributed by atoms with Gasteiger partial charge in [-0.3, -0.25) is 0 Å². The molecule has 1 saturated carbocycles. The van der Waals surface area contributed by atoms with Crippen molar-refractivity contribution < 1.29 is 14.3 Å². The molecule has 3 rings (SSSR count). The Morgan fingerprint density at radius 1 is 1.15 bits per heavy atom. The summed E-state index contributed by atoms with van der Waals surface area (Å²) in [4.78, 5) is 23.1. The normalized spacial score (nSPS) is 23.6. The van der Waals surface area contributed by atoms with Crippen LogP contribution in [0.25, 0.3) is 0 Å². The number of rotatable bonds is 4. The van der Waals surface area contributed by atoms with Gasteiger partial charge in [0.25, 0.3) is 0 Å². The maximum absolute atomic E-state index is 11.9. The Bertz CT molecular complexity index is 618. The summed E-state index contributed by atoms with van der Waals surface area (Å²) in [6, 6.07) is 2.56. The summed E-state index contributed by atoms with van der Waals surface area (Å²) in [5, 5.41) is 2.96. The number of carbonyl (C=O) groups is 1. The third-order valence-electron chi connectivity index (χ3n) is 4.97. The topological polar surface area (TPSA) is 76.6 Å². The molecule has 1 amide bonds. The van der Waals surface area contributed by atoms with Gasteiger partial charge in [-0.15, -0.1) is 0 Å². The summed E-state index contributed by atoms with van der Waals surface area (Å²) in [6.07, 6.45) is 8.75. The molecule has 0 aromatic carbocycles. The Hall–Kier alpha value is -2.05. The number of piperidine rings is 1. The number of ether oxygens (including phenoxy) is 2. The van der Waals surface area contributed by atoms with Gasteiger partial charge >= 0.3 is 12.1 Å². The highest BCUT2D eigenvalue weighted by Gasteiger charge is 2.26. The molecular weight excluding hydrogens is 344 g/mol. The van der Waals surface area contributed by atoms with E-state index in [0.29, 0.717) is 6.01 Å². The Morgan fingerprint density at radius 2 is 1.85 bits per heavy atom. The van der Waals surface area contributed by atoms with Gasteiger partial charge in [-0.05, 0) is 71.8 Å². The standard InChI is InChI=1S/C20H32N4O3/c1-20(2,3)27-19(25)22-15-7-9-16(10-8-15)26-18-21-12-11-17(23-18)24-13-5-4-6-14-24/h11-12,15-16H,4-10,13-14H2,1-3H3,(H,22,25). The van der Waals surface area contributed by atoms with Crippen LogP contribution < -0.4 is 15.0 Å². The lowest BCUT2D eigenvalue weighted by atomic mass is 9.93. The zero-order valence-electron chi connectivity index (χ0n) is 16.7. The lowest BCUT2D eigenvalue weighted by Crippen LogP contribution is -2.42. The van der Waals surface area contributed by atoms with E-state index in [0.717, 1.165) is 44.6 Å². The van der Waals surface area contributed by atoms with E-state index in [4.69, 9.17) is 9.47 Å². The van der Waals surface area contributed by atoms with Crippen molar-refractivity contribution in [1.82, 2.24) is 15.3 Å². The van der Waals surface area contributed by atoms with Crippen molar-refractivity contribution in [2.45, 2.75) is 83.5 Å². The minimum Gasteiger partial charge on any atom is -0.460 e. The fraction of sp³-hybridized carbons (Fsp3) is 0.750. The molecule has 1 aliphatic heterocycles. The van der Waals surface area contributed by atoms with Crippen LogP contribution in [0.5, 0.6) is 6.01 Å². The molecule has 7 heteroatoms. The van der Waals surface area contributed by atoms with Gasteiger partial charge in [0.2, 0.25) is 0 Å². The third-order valence-corrected chi connectivity index (χ3v) is 4.97. The van der Waals surface area contributed by atoms with Crippen molar-refractivity contribution in [3.8, 4) is 6.01 Å². The average Bonchev–Trinajstić information content (AvgIpc) is 2.63. The molecule has 2 heterocycles. The first-order valence-corrected chi connectivity index (χ1v) is 10.1. The lowest BCUT2D eigenvalue weighted by Gasteiger charge is -2.30. The van der Waals surface area contributed by atoms with Crippen molar-refractivity contribution >= 4 is 11.9 Å². The van der Waals surface area contributed by atoms with Crippen LogP contribution in [0.1, 0.15) is 65.7 Å². The van der Waals surface area contributed by atoms with Crippen LogP contribution in [-0.4, -0.2) is 46.9 Å². The molecule has 0 unspecified atom stereocenters. The van der Waals surface area contributed by atoms with E-state index in [2.05, 4.69) is 20.2 Å². The Labute approximate surface area is 161 Å². The van der Waals surface area contributed by atoms with Crippen molar-refractivity contribution in [3.05, 3.63) is 12.3 Å². The van der Waals surface area contributed by atoms with Crippen LogP contribution in [0.4, 0.5) is 10.6 Å². The number of amides is 1. The van der Waals surface area contributed by atoms with E-state index >= 15 is 0 Å². The average molecular weight is 377 g/mol. The molecule has 1 aromatic rings. The quantitative estimate of drug-likeness (QED) is 0.864.